The van der Waals surface area contributed by atoms with Gasteiger partial charge in [-0.25, -0.2) is 0 Å². The largest absolute Gasteiger partial charge is 0.469 e. The summed E-state index contributed by atoms with van der Waals surface area (Å²) in [4.78, 5) is 46.9. The molecule has 0 aromatic heterocycles. The topological polar surface area (TPSA) is 89.5 Å². The van der Waals surface area contributed by atoms with Crippen LogP contribution in [0.15, 0.2) is 24.3 Å². The molecule has 30 heavy (non-hydrogen) atoms. The van der Waals surface area contributed by atoms with Gasteiger partial charge in [0.15, 0.2) is 11.6 Å². The molecule has 1 N–H and O–H groups in total. The van der Waals surface area contributed by atoms with Crippen molar-refractivity contribution in [2.45, 2.75) is 70.3 Å². The van der Waals surface area contributed by atoms with Gasteiger partial charge in [-0.3, -0.25) is 19.2 Å². The number of carbonyl (C=O) groups is 4. The Bertz CT molecular complexity index is 718. The van der Waals surface area contributed by atoms with E-state index in [0.29, 0.717) is 6.42 Å². The smallest absolute Gasteiger partial charge is 0.305 e. The fraction of sp³-hybridized carbons (Fsp3) is 0.565. The molecule has 1 rings (SSSR count). The van der Waals surface area contributed by atoms with E-state index in [9.17, 15) is 19.2 Å². The Morgan fingerprint density at radius 1 is 1.03 bits per heavy atom. The summed E-state index contributed by atoms with van der Waals surface area (Å²) in [5, 5.41) is 2.62. The molecule has 1 amide bonds. The Hall–Kier alpha value is -2.15. The molecular formula is C23H34NO5S+. The molecule has 2 unspecified atom stereocenters. The van der Waals surface area contributed by atoms with Gasteiger partial charge in [0.25, 0.3) is 0 Å². The summed E-state index contributed by atoms with van der Waals surface area (Å²) in [5.41, 5.74) is 1.86. The van der Waals surface area contributed by atoms with E-state index >= 15 is 0 Å². The molecular weight excluding hydrogens is 402 g/mol. The van der Waals surface area contributed by atoms with Crippen molar-refractivity contribution in [3.63, 3.8) is 0 Å². The minimum Gasteiger partial charge on any atom is -0.469 e. The summed E-state index contributed by atoms with van der Waals surface area (Å²) in [5.74, 6) is 0.306. The molecule has 0 spiro atoms. The minimum absolute atomic E-state index is 0.0359. The van der Waals surface area contributed by atoms with E-state index in [4.69, 9.17) is 0 Å². The van der Waals surface area contributed by atoms with Crippen molar-refractivity contribution in [2.24, 2.45) is 0 Å². The van der Waals surface area contributed by atoms with Gasteiger partial charge in [-0.2, -0.15) is 0 Å². The Morgan fingerprint density at radius 3 is 2.13 bits per heavy atom. The van der Waals surface area contributed by atoms with E-state index < -0.39 is 5.25 Å². The molecule has 0 aliphatic heterocycles. The Morgan fingerprint density at radius 2 is 1.63 bits per heavy atom. The van der Waals surface area contributed by atoms with Crippen LogP contribution in [0.1, 0.15) is 58.9 Å². The van der Waals surface area contributed by atoms with Crippen molar-refractivity contribution < 1.29 is 23.9 Å². The zero-order valence-electron chi connectivity index (χ0n) is 18.7. The third-order valence-electron chi connectivity index (χ3n) is 4.98. The van der Waals surface area contributed by atoms with E-state index in [2.05, 4.69) is 17.0 Å². The van der Waals surface area contributed by atoms with E-state index in [1.165, 1.54) is 21.0 Å². The predicted molar refractivity (Wildman–Crippen MR) is 122 cm³/mol. The van der Waals surface area contributed by atoms with E-state index in [-0.39, 0.29) is 52.4 Å². The van der Waals surface area contributed by atoms with Gasteiger partial charge < -0.3 is 10.1 Å². The molecule has 0 aliphatic rings. The highest BCUT2D eigenvalue weighted by Gasteiger charge is 2.40. The van der Waals surface area contributed by atoms with Gasteiger partial charge in [0.05, 0.1) is 7.11 Å². The highest BCUT2D eigenvalue weighted by Crippen LogP contribution is 2.21. The zero-order valence-corrected chi connectivity index (χ0v) is 19.5. The van der Waals surface area contributed by atoms with Crippen molar-refractivity contribution in [3.05, 3.63) is 29.8 Å². The van der Waals surface area contributed by atoms with E-state index in [1.807, 2.05) is 31.2 Å². The van der Waals surface area contributed by atoms with Gasteiger partial charge in [0.2, 0.25) is 11.2 Å². The number of amides is 1. The van der Waals surface area contributed by atoms with Crippen LogP contribution in [0.3, 0.4) is 0 Å². The SMILES string of the molecule is CC[S+](C(C)CCc1ccc(NC(=O)CCCC(=O)OC)cc1)C(C(C)=O)C(C)=O. The molecule has 0 saturated carbocycles. The number of benzene rings is 1. The molecule has 0 bridgehead atoms. The molecule has 0 radical (unpaired) electrons. The molecule has 0 aliphatic carbocycles. The van der Waals surface area contributed by atoms with Crippen LogP contribution in [0.2, 0.25) is 0 Å². The van der Waals surface area contributed by atoms with Gasteiger partial charge in [0.1, 0.15) is 11.0 Å². The maximum Gasteiger partial charge on any atom is 0.305 e. The zero-order chi connectivity index (χ0) is 22.7. The lowest BCUT2D eigenvalue weighted by atomic mass is 10.1. The third kappa shape index (κ3) is 8.69. The van der Waals surface area contributed by atoms with Crippen LogP contribution >= 0.6 is 0 Å². The number of anilines is 1. The number of carbonyl (C=O) groups excluding carboxylic acids is 4. The number of esters is 1. The van der Waals surface area contributed by atoms with Crippen molar-refractivity contribution in [1.82, 2.24) is 0 Å². The highest BCUT2D eigenvalue weighted by molar-refractivity contribution is 7.99. The Kier molecular flexibility index (Phi) is 11.4. The van der Waals surface area contributed by atoms with Gasteiger partial charge in [0, 0.05) is 43.3 Å². The number of methoxy groups -OCH3 is 1. The summed E-state index contributed by atoms with van der Waals surface area (Å²) < 4.78 is 4.56. The van der Waals surface area contributed by atoms with Crippen LogP contribution in [-0.2, 0) is 41.2 Å². The van der Waals surface area contributed by atoms with Gasteiger partial charge in [-0.1, -0.05) is 12.1 Å². The number of rotatable bonds is 13. The van der Waals surface area contributed by atoms with Crippen LogP contribution in [-0.4, -0.2) is 46.8 Å². The van der Waals surface area contributed by atoms with Gasteiger partial charge >= 0.3 is 5.97 Å². The van der Waals surface area contributed by atoms with Crippen molar-refractivity contribution >= 4 is 40.0 Å². The number of Topliss-reactive ketones (excluding diaryl/α,β-unsaturated/α-hetero) is 2. The van der Waals surface area contributed by atoms with E-state index in [0.717, 1.165) is 29.8 Å². The highest BCUT2D eigenvalue weighted by atomic mass is 32.2. The molecule has 0 fully saturated rings. The van der Waals surface area contributed by atoms with Gasteiger partial charge in [-0.05, 0) is 50.8 Å². The summed E-state index contributed by atoms with van der Waals surface area (Å²) >= 11 is 0. The summed E-state index contributed by atoms with van der Waals surface area (Å²) in [6, 6.07) is 7.69. The first-order chi connectivity index (χ1) is 14.2. The van der Waals surface area contributed by atoms with Crippen molar-refractivity contribution in [1.29, 1.82) is 0 Å². The number of nitrogens with one attached hydrogen (secondary N) is 1. The second-order valence-corrected chi connectivity index (χ2v) is 10.2. The summed E-state index contributed by atoms with van der Waals surface area (Å²) in [6.07, 6.45) is 2.69. The predicted octanol–water partition coefficient (Wildman–Crippen LogP) is 3.47. The monoisotopic (exact) mass is 436 g/mol. The lowest BCUT2D eigenvalue weighted by molar-refractivity contribution is -0.140. The maximum atomic E-state index is 11.9. The number of ether oxygens (including phenoxy) is 1. The standard InChI is InChI=1S/C23H33NO5S/c1-6-30(23(17(3)25)18(4)26)16(2)10-11-19-12-14-20(15-13-19)24-21(27)8-7-9-22(28)29-5/h12-16,23H,6-11H2,1-5H3/p+1. The maximum absolute atomic E-state index is 11.9. The Labute approximate surface area is 182 Å². The van der Waals surface area contributed by atoms with Crippen molar-refractivity contribution in [2.75, 3.05) is 18.2 Å². The van der Waals surface area contributed by atoms with Crippen LogP contribution in [0.4, 0.5) is 5.69 Å². The number of hydrogen-bond acceptors (Lipinski definition) is 5. The third-order valence-corrected chi connectivity index (χ3v) is 8.19. The second kappa shape index (κ2) is 13.2. The second-order valence-electron chi connectivity index (χ2n) is 7.38. The van der Waals surface area contributed by atoms with Crippen LogP contribution in [0, 0.1) is 0 Å². The quantitative estimate of drug-likeness (QED) is 0.290. The molecule has 0 saturated heterocycles. The minimum atomic E-state index is -0.484. The first-order valence-corrected chi connectivity index (χ1v) is 11.9. The molecule has 1 aromatic carbocycles. The van der Waals surface area contributed by atoms with Crippen LogP contribution < -0.4 is 5.32 Å². The molecule has 2 atom stereocenters. The molecule has 7 heteroatoms. The fourth-order valence-electron chi connectivity index (χ4n) is 3.39. The first-order valence-electron chi connectivity index (χ1n) is 10.3. The first kappa shape index (κ1) is 25.9. The van der Waals surface area contributed by atoms with Gasteiger partial charge in [-0.15, -0.1) is 0 Å². The van der Waals surface area contributed by atoms with E-state index in [1.54, 1.807) is 0 Å². The molecule has 6 nitrogen and oxygen atoms in total. The average molecular weight is 437 g/mol. The molecule has 1 aromatic rings. The van der Waals surface area contributed by atoms with Crippen molar-refractivity contribution in [3.8, 4) is 0 Å². The van der Waals surface area contributed by atoms with Crippen LogP contribution in [0.5, 0.6) is 0 Å². The lowest BCUT2D eigenvalue weighted by Crippen LogP contribution is -2.41. The fourth-order valence-corrected chi connectivity index (χ4v) is 6.03. The number of aryl methyl sites for hydroxylation is 1. The normalized spacial score (nSPS) is 12.9. The Balaban J connectivity index is 2.55. The number of hydrogen-bond donors (Lipinski definition) is 1. The molecule has 166 valence electrons. The average Bonchev–Trinajstić information content (AvgIpc) is 2.70. The number of ketones is 2. The summed E-state index contributed by atoms with van der Waals surface area (Å²) in [7, 11) is 1.08. The molecule has 0 heterocycles. The van der Waals surface area contributed by atoms with Crippen LogP contribution in [0.25, 0.3) is 0 Å². The lowest BCUT2D eigenvalue weighted by Gasteiger charge is -2.19. The summed E-state index contributed by atoms with van der Waals surface area (Å²) in [6.45, 7) is 7.18.